The van der Waals surface area contributed by atoms with Gasteiger partial charge in [-0.1, -0.05) is 6.92 Å². The van der Waals surface area contributed by atoms with Gasteiger partial charge in [0.25, 0.3) is 5.69 Å². The van der Waals surface area contributed by atoms with Crippen LogP contribution in [0.15, 0.2) is 18.2 Å². The maximum Gasteiger partial charge on any atom is 0.325 e. The number of carbonyl (C=O) groups is 2. The highest BCUT2D eigenvalue weighted by atomic mass is 16.6. The molecule has 0 spiro atoms. The number of nitro benzene ring substituents is 1. The maximum atomic E-state index is 11.4. The Labute approximate surface area is 121 Å². The summed E-state index contributed by atoms with van der Waals surface area (Å²) in [4.78, 5) is 34.7. The van der Waals surface area contributed by atoms with Crippen molar-refractivity contribution in [2.45, 2.75) is 13.3 Å². The number of hydrogen-bond acceptors (Lipinski definition) is 6. The summed E-state index contributed by atoms with van der Waals surface area (Å²) in [5.41, 5.74) is 5.30. The molecule has 21 heavy (non-hydrogen) atoms. The second kappa shape index (κ2) is 7.22. The third-order valence-corrected chi connectivity index (χ3v) is 2.84. The van der Waals surface area contributed by atoms with Crippen LogP contribution in [0.4, 0.5) is 11.4 Å². The molecule has 0 heterocycles. The molecule has 1 aromatic rings. The molecule has 8 heteroatoms. The van der Waals surface area contributed by atoms with Crippen molar-refractivity contribution in [3.8, 4) is 0 Å². The number of esters is 1. The summed E-state index contributed by atoms with van der Waals surface area (Å²) in [5.74, 6) is -1.22. The Morgan fingerprint density at radius 1 is 1.43 bits per heavy atom. The molecule has 1 amide bonds. The first-order chi connectivity index (χ1) is 9.90. The fourth-order valence-electron chi connectivity index (χ4n) is 1.86. The largest absolute Gasteiger partial charge is 0.468 e. The summed E-state index contributed by atoms with van der Waals surface area (Å²) < 4.78 is 4.58. The molecular weight excluding hydrogens is 278 g/mol. The summed E-state index contributed by atoms with van der Waals surface area (Å²) in [7, 11) is 1.24. The molecular formula is C13H17N3O5. The Hall–Kier alpha value is -2.64. The van der Waals surface area contributed by atoms with Gasteiger partial charge in [0.1, 0.15) is 12.2 Å². The lowest BCUT2D eigenvalue weighted by Crippen LogP contribution is -2.32. The molecule has 1 aromatic carbocycles. The van der Waals surface area contributed by atoms with Crippen LogP contribution < -0.4 is 10.6 Å². The number of anilines is 1. The Kier molecular flexibility index (Phi) is 5.65. The van der Waals surface area contributed by atoms with E-state index in [9.17, 15) is 19.7 Å². The van der Waals surface area contributed by atoms with E-state index in [1.165, 1.54) is 30.2 Å². The first-order valence-electron chi connectivity index (χ1n) is 6.30. The number of rotatable bonds is 7. The molecule has 0 saturated carbocycles. The van der Waals surface area contributed by atoms with Gasteiger partial charge < -0.3 is 15.4 Å². The number of nitro groups is 1. The number of benzene rings is 1. The summed E-state index contributed by atoms with van der Waals surface area (Å²) in [6, 6.07) is 3.81. The third-order valence-electron chi connectivity index (χ3n) is 2.84. The van der Waals surface area contributed by atoms with Gasteiger partial charge in [0, 0.05) is 18.2 Å². The molecule has 0 radical (unpaired) electrons. The lowest BCUT2D eigenvalue weighted by Gasteiger charge is -2.23. The zero-order valence-electron chi connectivity index (χ0n) is 11.9. The molecule has 114 valence electrons. The lowest BCUT2D eigenvalue weighted by atomic mass is 10.1. The van der Waals surface area contributed by atoms with E-state index in [1.807, 2.05) is 6.92 Å². The fourth-order valence-corrected chi connectivity index (χ4v) is 1.86. The molecule has 8 nitrogen and oxygen atoms in total. The minimum Gasteiger partial charge on any atom is -0.468 e. The number of carbonyl (C=O) groups excluding carboxylic acids is 2. The number of ether oxygens (including phenoxy) is 1. The van der Waals surface area contributed by atoms with Crippen LogP contribution in [0.2, 0.25) is 0 Å². The predicted molar refractivity (Wildman–Crippen MR) is 76.1 cm³/mol. The van der Waals surface area contributed by atoms with Gasteiger partial charge in [-0.2, -0.15) is 0 Å². The van der Waals surface area contributed by atoms with E-state index >= 15 is 0 Å². The van der Waals surface area contributed by atoms with Crippen LogP contribution >= 0.6 is 0 Å². The Morgan fingerprint density at radius 3 is 2.57 bits per heavy atom. The van der Waals surface area contributed by atoms with Crippen LogP contribution in [0.1, 0.15) is 23.7 Å². The highest BCUT2D eigenvalue weighted by Gasteiger charge is 2.22. The number of hydrogen-bond donors (Lipinski definition) is 1. The first-order valence-corrected chi connectivity index (χ1v) is 6.30. The second-order valence-electron chi connectivity index (χ2n) is 4.32. The van der Waals surface area contributed by atoms with Crippen LogP contribution in [0.25, 0.3) is 0 Å². The van der Waals surface area contributed by atoms with Crippen molar-refractivity contribution < 1.29 is 19.2 Å². The SMILES string of the molecule is CCCN(CC(=O)OC)c1cc(C(N)=O)ccc1[N+](=O)[O-]. The summed E-state index contributed by atoms with van der Waals surface area (Å²) in [5, 5.41) is 11.1. The summed E-state index contributed by atoms with van der Waals surface area (Å²) in [6.07, 6.45) is 0.662. The monoisotopic (exact) mass is 295 g/mol. The topological polar surface area (TPSA) is 116 Å². The van der Waals surface area contributed by atoms with Crippen molar-refractivity contribution >= 4 is 23.3 Å². The van der Waals surface area contributed by atoms with E-state index in [2.05, 4.69) is 4.74 Å². The van der Waals surface area contributed by atoms with Crippen LogP contribution in [0.5, 0.6) is 0 Å². The molecule has 0 atom stereocenters. The standard InChI is InChI=1S/C13H17N3O5/c1-3-6-15(8-12(17)21-2)11-7-9(13(14)18)4-5-10(11)16(19)20/h4-5,7H,3,6,8H2,1-2H3,(H2,14,18). The Bertz CT molecular complexity index is 559. The van der Waals surface area contributed by atoms with Crippen molar-refractivity contribution in [2.75, 3.05) is 25.1 Å². The summed E-state index contributed by atoms with van der Waals surface area (Å²) in [6.45, 7) is 2.12. The third kappa shape index (κ3) is 4.16. The average Bonchev–Trinajstić information content (AvgIpc) is 2.45. The first kappa shape index (κ1) is 16.4. The van der Waals surface area contributed by atoms with E-state index in [1.54, 1.807) is 0 Å². The average molecular weight is 295 g/mol. The minimum atomic E-state index is -0.694. The van der Waals surface area contributed by atoms with Crippen molar-refractivity contribution in [1.82, 2.24) is 0 Å². The number of primary amides is 1. The smallest absolute Gasteiger partial charge is 0.325 e. The molecule has 0 saturated heterocycles. The van der Waals surface area contributed by atoms with Crippen LogP contribution in [-0.4, -0.2) is 37.0 Å². The van der Waals surface area contributed by atoms with E-state index in [4.69, 9.17) is 5.73 Å². The van der Waals surface area contributed by atoms with Crippen molar-refractivity contribution in [3.05, 3.63) is 33.9 Å². The van der Waals surface area contributed by atoms with Crippen LogP contribution in [0.3, 0.4) is 0 Å². The number of amides is 1. The molecule has 2 N–H and O–H groups in total. The van der Waals surface area contributed by atoms with E-state index in [0.29, 0.717) is 13.0 Å². The van der Waals surface area contributed by atoms with Gasteiger partial charge in [-0.3, -0.25) is 19.7 Å². The molecule has 0 aliphatic carbocycles. The van der Waals surface area contributed by atoms with E-state index < -0.39 is 16.8 Å². The zero-order chi connectivity index (χ0) is 16.0. The van der Waals surface area contributed by atoms with Crippen LogP contribution in [0, 0.1) is 10.1 Å². The van der Waals surface area contributed by atoms with Crippen LogP contribution in [-0.2, 0) is 9.53 Å². The molecule has 0 unspecified atom stereocenters. The minimum absolute atomic E-state index is 0.140. The van der Waals surface area contributed by atoms with Crippen molar-refractivity contribution in [1.29, 1.82) is 0 Å². The molecule has 0 aromatic heterocycles. The normalized spacial score (nSPS) is 10.0. The van der Waals surface area contributed by atoms with Gasteiger partial charge in [-0.15, -0.1) is 0 Å². The number of nitrogens with two attached hydrogens (primary N) is 1. The lowest BCUT2D eigenvalue weighted by molar-refractivity contribution is -0.384. The zero-order valence-corrected chi connectivity index (χ0v) is 11.9. The van der Waals surface area contributed by atoms with Crippen molar-refractivity contribution in [3.63, 3.8) is 0 Å². The summed E-state index contributed by atoms with van der Waals surface area (Å²) >= 11 is 0. The highest BCUT2D eigenvalue weighted by Crippen LogP contribution is 2.29. The van der Waals surface area contributed by atoms with Gasteiger partial charge in [0.15, 0.2) is 0 Å². The quantitative estimate of drug-likeness (QED) is 0.457. The Balaban J connectivity index is 3.30. The fraction of sp³-hybridized carbons (Fsp3) is 0.385. The van der Waals surface area contributed by atoms with Gasteiger partial charge in [0.05, 0.1) is 12.0 Å². The van der Waals surface area contributed by atoms with Gasteiger partial charge in [-0.05, 0) is 18.6 Å². The second-order valence-corrected chi connectivity index (χ2v) is 4.32. The van der Waals surface area contributed by atoms with Crippen molar-refractivity contribution in [2.24, 2.45) is 5.73 Å². The predicted octanol–water partition coefficient (Wildman–Crippen LogP) is 1.08. The molecule has 0 aliphatic heterocycles. The molecule has 0 aliphatic rings. The van der Waals surface area contributed by atoms with Gasteiger partial charge in [-0.25, -0.2) is 0 Å². The maximum absolute atomic E-state index is 11.4. The number of methoxy groups -OCH3 is 1. The van der Waals surface area contributed by atoms with E-state index in [0.717, 1.165) is 0 Å². The molecule has 1 rings (SSSR count). The van der Waals surface area contributed by atoms with E-state index in [-0.39, 0.29) is 23.5 Å². The molecule has 0 fully saturated rings. The highest BCUT2D eigenvalue weighted by molar-refractivity contribution is 5.95. The molecule has 0 bridgehead atoms. The van der Waals surface area contributed by atoms with Gasteiger partial charge >= 0.3 is 5.97 Å². The Morgan fingerprint density at radius 2 is 2.10 bits per heavy atom. The number of nitrogens with zero attached hydrogens (tertiary/aromatic N) is 2. The van der Waals surface area contributed by atoms with Gasteiger partial charge in [0.2, 0.25) is 5.91 Å².